The molecule has 0 unspecified atom stereocenters. The van der Waals surface area contributed by atoms with E-state index >= 15 is 0 Å². The third-order valence-electron chi connectivity index (χ3n) is 18.1. The highest BCUT2D eigenvalue weighted by Crippen LogP contribution is 2.32. The Morgan fingerprint density at radius 3 is 0.819 bits per heavy atom. The van der Waals surface area contributed by atoms with Crippen LogP contribution in [0.15, 0.2) is 146 Å². The fourth-order valence-electron chi connectivity index (χ4n) is 11.2. The molecule has 0 saturated carbocycles. The summed E-state index contributed by atoms with van der Waals surface area (Å²) in [4.78, 5) is 38.8. The molecule has 8 aromatic carbocycles. The molecule has 0 aliphatic carbocycles. The molecule has 40 nitrogen and oxygen atoms in total. The van der Waals surface area contributed by atoms with Gasteiger partial charge in [0.15, 0.2) is 0 Å². The van der Waals surface area contributed by atoms with Crippen molar-refractivity contribution in [1.29, 1.82) is 0 Å². The standard InChI is InChI=1S/C13H17Cl2N5.2C12H15Cl2N5.2C11H13Cl2N5.2C10H11Cl2N5.C9H9Cl2N5/c1-8(2)17-13-18-12(19-20-13)16-6-5-9-3-4-10(14)11(15)7-9;1-7(2)16-12-17-11(18-19-12)15-6-8-3-4-9(13)10(14)5-8;1-19(2)12-16-11(17-18-12)15-6-5-8-3-4-9(13)10(14)7-8;1-18(2)11-15-10(16-17-11)14-6-7-3-4-8(12)9(13)5-7;1-6(2)14-10-16-11(18-17-10)15-7-3-4-8(12)9(13)5-7;1-17(2)10-14-9(15-16-10)13-6-3-4-7(11)8(12)5-6;11-7-2-1-6(5-8(7)12)3-4-14-10-15-9(13)16-17-10;10-6-2-1-5(3-7(6)11)4-13-9-14-8(12)15-16-9/h3-4,7-8H,5-6H2,1-2H3,(H3,16,17,18,19,20);3-5,7H,6H2,1-2H3,(H3,15,16,17,18,19);3-4,7H,5-6H2,1-2H3,(H2,15,16,17,18);3-5H,6H2,1-2H3,(H2,14,15,16,17);3-6H,1-2H3,(H3,14,15,16,17,18);3-5H,1-2H3,(H2,13,14,15,16);1-2,5H,3-4H2,(H4,13,14,15,16,17);1-3H,4H2,(H4,12,13,14,15,16). The molecule has 0 fully saturated rings. The lowest BCUT2D eigenvalue weighted by Gasteiger charge is -2.05. The van der Waals surface area contributed by atoms with Crippen molar-refractivity contribution in [3.8, 4) is 0 Å². The fourth-order valence-corrected chi connectivity index (χ4v) is 13.8. The number of nitrogens with two attached hydrogens (primary N) is 2. The second-order valence-electron chi connectivity index (χ2n) is 31.7. The van der Waals surface area contributed by atoms with Crippen LogP contribution in [0.5, 0.6) is 0 Å². The van der Waals surface area contributed by atoms with Crippen molar-refractivity contribution < 1.29 is 0 Å². The lowest BCUT2D eigenvalue weighted by atomic mass is 10.1. The van der Waals surface area contributed by atoms with Gasteiger partial charge in [-0.25, -0.2) is 40.8 Å². The molecule has 0 aliphatic heterocycles. The van der Waals surface area contributed by atoms with Crippen molar-refractivity contribution in [1.82, 2.24) is 121 Å². The van der Waals surface area contributed by atoms with E-state index in [4.69, 9.17) is 197 Å². The van der Waals surface area contributed by atoms with Crippen LogP contribution >= 0.6 is 186 Å². The van der Waals surface area contributed by atoms with Gasteiger partial charge in [-0.2, -0.15) is 39.9 Å². The molecule has 0 spiro atoms. The van der Waals surface area contributed by atoms with Gasteiger partial charge in [-0.1, -0.05) is 222 Å². The van der Waals surface area contributed by atoms with E-state index in [1.807, 2.05) is 172 Å². The van der Waals surface area contributed by atoms with E-state index in [1.54, 1.807) is 71.6 Å². The number of nitrogens with zero attached hydrogens (tertiary/aromatic N) is 19. The van der Waals surface area contributed by atoms with Crippen molar-refractivity contribution in [3.63, 3.8) is 0 Å². The molecule has 23 N–H and O–H groups in total. The first-order valence-corrected chi connectivity index (χ1v) is 49.4. The largest absolute Gasteiger partial charge is 0.368 e. The molecule has 16 rings (SSSR count). The van der Waals surface area contributed by atoms with Crippen LogP contribution in [-0.4, -0.2) is 201 Å². The Kier molecular flexibility index (Phi) is 47.5. The Labute approximate surface area is 910 Å². The van der Waals surface area contributed by atoms with Gasteiger partial charge < -0.3 is 84.7 Å². The minimum absolute atomic E-state index is 0.275. The van der Waals surface area contributed by atoms with Crippen LogP contribution < -0.4 is 84.7 Å². The predicted molar refractivity (Wildman–Crippen MR) is 596 cm³/mol. The summed E-state index contributed by atoms with van der Waals surface area (Å²) in [6.45, 7) is 16.1. The maximum absolute atomic E-state index is 5.97. The average Bonchev–Trinajstić information content (AvgIpc) is 1.72. The molecule has 144 heavy (non-hydrogen) atoms. The van der Waals surface area contributed by atoms with Gasteiger partial charge in [-0.15, -0.1) is 40.8 Å². The zero-order chi connectivity index (χ0) is 105. The van der Waals surface area contributed by atoms with E-state index < -0.39 is 0 Å². The number of H-pyrrole nitrogens is 8. The quantitative estimate of drug-likeness (QED) is 0.0178. The molecule has 8 heterocycles. The number of nitrogens with one attached hydrogen (secondary N) is 19. The Balaban J connectivity index is 0.000000183. The Morgan fingerprint density at radius 2 is 0.493 bits per heavy atom. The molecule has 0 radical (unpaired) electrons. The van der Waals surface area contributed by atoms with Gasteiger partial charge in [-0.3, -0.25) is 0 Å². The molecule has 8 aromatic heterocycles. The molecule has 16 aromatic rings. The maximum atomic E-state index is 5.97. The van der Waals surface area contributed by atoms with Gasteiger partial charge in [0.2, 0.25) is 95.2 Å². The fraction of sp³-hybridized carbons (Fsp3) is 0.273. The molecule has 0 atom stereocenters. The predicted octanol–water partition coefficient (Wildman–Crippen LogP) is 24.0. The van der Waals surface area contributed by atoms with E-state index in [2.05, 4.69) is 180 Å². The number of hydrogen-bond acceptors (Lipinski definition) is 32. The molecule has 0 bridgehead atoms. The summed E-state index contributed by atoms with van der Waals surface area (Å²) in [6, 6.07) is 44.6. The summed E-state index contributed by atoms with van der Waals surface area (Å²) in [5.41, 5.74) is 18.7. The lowest BCUT2D eigenvalue weighted by Crippen LogP contribution is -2.11. The van der Waals surface area contributed by atoms with Crippen LogP contribution in [0.2, 0.25) is 80.4 Å². The number of hydrogen-bond donors (Lipinski definition) is 21. The van der Waals surface area contributed by atoms with Gasteiger partial charge >= 0.3 is 0 Å². The smallest absolute Gasteiger partial charge is 0.245 e. The molecule has 0 amide bonds. The zero-order valence-corrected chi connectivity index (χ0v) is 91.2. The highest BCUT2D eigenvalue weighted by molar-refractivity contribution is 6.45. The van der Waals surface area contributed by atoms with Crippen molar-refractivity contribution >= 4 is 292 Å². The van der Waals surface area contributed by atoms with Crippen molar-refractivity contribution in [3.05, 3.63) is 259 Å². The van der Waals surface area contributed by atoms with E-state index in [0.717, 1.165) is 77.1 Å². The van der Waals surface area contributed by atoms with Crippen LogP contribution in [0.1, 0.15) is 74.9 Å². The summed E-state index contributed by atoms with van der Waals surface area (Å²) in [6.07, 6.45) is 2.44. The summed E-state index contributed by atoms with van der Waals surface area (Å²) in [7, 11) is 11.3. The normalized spacial score (nSPS) is 10.6. The first-order valence-electron chi connectivity index (χ1n) is 43.3. The summed E-state index contributed by atoms with van der Waals surface area (Å²) >= 11 is 94.2. The number of aromatic amines is 8. The second kappa shape index (κ2) is 59.1. The SMILES string of the molecule is CC(C)Nc1n[nH]c(Nc2ccc(Cl)c(Cl)c2)n1.CC(C)Nc1nc(NCCc2ccc(Cl)c(Cl)c2)n[nH]1.CC(C)Nc1nc(NCc2ccc(Cl)c(Cl)c2)n[nH]1.CN(C)c1n[nH]c(NCCc2ccc(Cl)c(Cl)c2)n1.CN(C)c1n[nH]c(NCc2ccc(Cl)c(Cl)c2)n1.CN(C)c1n[nH]c(Nc2ccc(Cl)c(Cl)c2)n1.Nc1nc(NCCc2ccc(Cl)c(Cl)c2)n[nH]1.Nc1nc(NCc2ccc(Cl)c(Cl)c2)n[nH]1. The van der Waals surface area contributed by atoms with E-state index in [0.29, 0.717) is 208 Å². The number of anilines is 18. The molecule has 56 heteroatoms. The Bertz CT molecular complexity index is 6610. The first kappa shape index (κ1) is 116. The van der Waals surface area contributed by atoms with Gasteiger partial charge in [0.25, 0.3) is 0 Å². The van der Waals surface area contributed by atoms with E-state index in [1.165, 1.54) is 0 Å². The minimum Gasteiger partial charge on any atom is -0.368 e. The average molecular weight is 2290 g/mol. The summed E-state index contributed by atoms with van der Waals surface area (Å²) in [5.74, 6) is 8.72. The van der Waals surface area contributed by atoms with Crippen molar-refractivity contribution in [2.75, 3.05) is 147 Å². The van der Waals surface area contributed by atoms with Crippen LogP contribution in [0.25, 0.3) is 0 Å². The van der Waals surface area contributed by atoms with Crippen LogP contribution in [0.3, 0.4) is 0 Å². The van der Waals surface area contributed by atoms with E-state index in [-0.39, 0.29) is 12.0 Å². The van der Waals surface area contributed by atoms with Crippen LogP contribution in [0, 0.1) is 0 Å². The van der Waals surface area contributed by atoms with Gasteiger partial charge in [0, 0.05) is 111 Å². The van der Waals surface area contributed by atoms with E-state index in [9.17, 15) is 0 Å². The Hall–Kier alpha value is -11.7. The minimum atomic E-state index is 0.275. The number of rotatable bonds is 34. The molecular formula is C88H104Cl16N40. The molecular weight excluding hydrogens is 2180 g/mol. The molecule has 0 saturated heterocycles. The Morgan fingerprint density at radius 1 is 0.243 bits per heavy atom. The van der Waals surface area contributed by atoms with Crippen LogP contribution in [-0.2, 0) is 38.9 Å². The number of halogens is 16. The molecule has 0 aliphatic rings. The van der Waals surface area contributed by atoms with Crippen molar-refractivity contribution in [2.45, 2.75) is 98.6 Å². The second-order valence-corrected chi connectivity index (χ2v) is 38.2. The third kappa shape index (κ3) is 41.4. The highest BCUT2D eigenvalue weighted by Gasteiger charge is 2.15. The van der Waals surface area contributed by atoms with Gasteiger partial charge in [-0.05, 0) is 203 Å². The molecule has 768 valence electrons. The maximum Gasteiger partial charge on any atom is 0.245 e. The first-order chi connectivity index (χ1) is 68.6. The third-order valence-corrected chi connectivity index (χ3v) is 24.0. The van der Waals surface area contributed by atoms with Gasteiger partial charge in [0.1, 0.15) is 0 Å². The number of benzene rings is 8. The lowest BCUT2D eigenvalue weighted by molar-refractivity contribution is 0.876. The monoisotopic (exact) mass is 2280 g/mol. The number of aromatic nitrogens is 24. The van der Waals surface area contributed by atoms with Gasteiger partial charge in [0.05, 0.1) is 80.4 Å². The topological polar surface area (TPSA) is 527 Å². The summed E-state index contributed by atoms with van der Waals surface area (Å²) in [5, 5.41) is 96.6. The number of nitrogen functional groups attached to an aromatic ring is 2. The summed E-state index contributed by atoms with van der Waals surface area (Å²) < 4.78 is 0. The highest BCUT2D eigenvalue weighted by atomic mass is 35.5. The van der Waals surface area contributed by atoms with Crippen LogP contribution in [0.4, 0.5) is 107 Å². The zero-order valence-electron chi connectivity index (χ0n) is 79.2. The van der Waals surface area contributed by atoms with Crippen molar-refractivity contribution in [2.24, 2.45) is 0 Å².